The molecule has 4 aromatic rings. The predicted octanol–water partition coefficient (Wildman–Crippen LogP) is 3.06. The first-order valence-electron chi connectivity index (χ1n) is 8.85. The van der Waals surface area contributed by atoms with Crippen LogP contribution in [-0.2, 0) is 6.54 Å². The number of rotatable bonds is 5. The van der Waals surface area contributed by atoms with Crippen molar-refractivity contribution in [1.29, 1.82) is 0 Å². The molecular formula is C21H19N5O2. The van der Waals surface area contributed by atoms with E-state index in [1.54, 1.807) is 30.1 Å². The van der Waals surface area contributed by atoms with E-state index in [2.05, 4.69) is 20.6 Å². The fraction of sp³-hybridized carbons (Fsp3) is 0.143. The van der Waals surface area contributed by atoms with E-state index in [1.807, 2.05) is 49.4 Å². The molecule has 0 atom stereocenters. The molecule has 2 aromatic carbocycles. The van der Waals surface area contributed by atoms with E-state index < -0.39 is 0 Å². The van der Waals surface area contributed by atoms with Crippen LogP contribution in [0.15, 0.2) is 60.8 Å². The Labute approximate surface area is 162 Å². The molecule has 28 heavy (non-hydrogen) atoms. The van der Waals surface area contributed by atoms with Crippen LogP contribution in [0.25, 0.3) is 16.9 Å². The Morgan fingerprint density at radius 1 is 1.14 bits per heavy atom. The van der Waals surface area contributed by atoms with Crippen molar-refractivity contribution in [3.8, 4) is 11.4 Å². The Morgan fingerprint density at radius 2 is 2.00 bits per heavy atom. The zero-order valence-electron chi connectivity index (χ0n) is 15.6. The average Bonchev–Trinajstić information content (AvgIpc) is 3.16. The summed E-state index contributed by atoms with van der Waals surface area (Å²) in [5.74, 6) is 0.567. The summed E-state index contributed by atoms with van der Waals surface area (Å²) in [5.41, 5.74) is 4.54. The molecule has 0 aliphatic heterocycles. The molecule has 0 aliphatic carbocycles. The Kier molecular flexibility index (Phi) is 4.72. The third-order valence-corrected chi connectivity index (χ3v) is 4.54. The molecule has 140 valence electrons. The van der Waals surface area contributed by atoms with E-state index in [-0.39, 0.29) is 5.91 Å². The zero-order valence-corrected chi connectivity index (χ0v) is 15.6. The number of carbonyl (C=O) groups excluding carboxylic acids is 1. The number of fused-ring (bicyclic) bond motifs is 1. The molecule has 0 fully saturated rings. The van der Waals surface area contributed by atoms with Crippen LogP contribution in [0.1, 0.15) is 21.5 Å². The second kappa shape index (κ2) is 7.48. The van der Waals surface area contributed by atoms with E-state index in [4.69, 9.17) is 4.74 Å². The number of aryl methyl sites for hydroxylation is 1. The van der Waals surface area contributed by atoms with E-state index >= 15 is 0 Å². The number of para-hydroxylation sites is 1. The molecule has 4 rings (SSSR count). The second-order valence-electron chi connectivity index (χ2n) is 6.34. The van der Waals surface area contributed by atoms with Gasteiger partial charge in [0, 0.05) is 23.9 Å². The summed E-state index contributed by atoms with van der Waals surface area (Å²) in [5, 5.41) is 11.3. The smallest absolute Gasteiger partial charge is 0.251 e. The van der Waals surface area contributed by atoms with Crippen LogP contribution in [0.2, 0.25) is 0 Å². The second-order valence-corrected chi connectivity index (χ2v) is 6.34. The Bertz CT molecular complexity index is 1150. The van der Waals surface area contributed by atoms with Crippen molar-refractivity contribution in [3.05, 3.63) is 77.5 Å². The number of nitrogens with one attached hydrogen (secondary N) is 1. The van der Waals surface area contributed by atoms with Crippen molar-refractivity contribution in [2.45, 2.75) is 13.5 Å². The number of carbonyl (C=O) groups is 1. The van der Waals surface area contributed by atoms with Gasteiger partial charge in [0.15, 0.2) is 5.65 Å². The summed E-state index contributed by atoms with van der Waals surface area (Å²) in [4.78, 5) is 17.1. The molecule has 7 nitrogen and oxygen atoms in total. The molecule has 2 heterocycles. The van der Waals surface area contributed by atoms with Gasteiger partial charge in [-0.25, -0.2) is 4.98 Å². The maximum Gasteiger partial charge on any atom is 0.251 e. The number of aromatic nitrogens is 4. The summed E-state index contributed by atoms with van der Waals surface area (Å²) in [7, 11) is 1.61. The standard InChI is InChI=1S/C21H19N5O2/c1-14-9-10-15(21(27)23-13-16-6-3-4-8-19(16)28-2)12-18(14)26-20-17(24-25-26)7-5-11-22-20/h3-12H,13H2,1-2H3,(H,23,27). The van der Waals surface area contributed by atoms with Gasteiger partial charge < -0.3 is 10.1 Å². The minimum Gasteiger partial charge on any atom is -0.496 e. The third-order valence-electron chi connectivity index (χ3n) is 4.54. The molecular weight excluding hydrogens is 354 g/mol. The van der Waals surface area contributed by atoms with E-state index in [9.17, 15) is 4.79 Å². The van der Waals surface area contributed by atoms with Crippen LogP contribution in [0, 0.1) is 6.92 Å². The highest BCUT2D eigenvalue weighted by Gasteiger charge is 2.13. The van der Waals surface area contributed by atoms with Gasteiger partial charge in [0.1, 0.15) is 11.3 Å². The van der Waals surface area contributed by atoms with Crippen LogP contribution in [0.3, 0.4) is 0 Å². The average molecular weight is 373 g/mol. The number of benzene rings is 2. The lowest BCUT2D eigenvalue weighted by Crippen LogP contribution is -2.23. The summed E-state index contributed by atoms with van der Waals surface area (Å²) < 4.78 is 6.99. The van der Waals surface area contributed by atoms with Crippen molar-refractivity contribution in [3.63, 3.8) is 0 Å². The zero-order chi connectivity index (χ0) is 19.5. The maximum absolute atomic E-state index is 12.7. The van der Waals surface area contributed by atoms with Gasteiger partial charge in [0.25, 0.3) is 5.91 Å². The molecule has 0 spiro atoms. The fourth-order valence-corrected chi connectivity index (χ4v) is 3.03. The molecule has 1 amide bonds. The number of hydrogen-bond donors (Lipinski definition) is 1. The number of amides is 1. The van der Waals surface area contributed by atoms with Gasteiger partial charge in [-0.1, -0.05) is 29.5 Å². The van der Waals surface area contributed by atoms with Crippen LogP contribution in [-0.4, -0.2) is 33.0 Å². The summed E-state index contributed by atoms with van der Waals surface area (Å²) in [6.45, 7) is 2.34. The number of hydrogen-bond acceptors (Lipinski definition) is 5. The Hall–Kier alpha value is -3.74. The van der Waals surface area contributed by atoms with Crippen molar-refractivity contribution in [2.75, 3.05) is 7.11 Å². The lowest BCUT2D eigenvalue weighted by atomic mass is 10.1. The molecule has 0 bridgehead atoms. The molecule has 0 saturated carbocycles. The molecule has 0 radical (unpaired) electrons. The molecule has 0 aliphatic rings. The first-order chi connectivity index (χ1) is 13.7. The lowest BCUT2D eigenvalue weighted by Gasteiger charge is -2.11. The topological polar surface area (TPSA) is 81.9 Å². The molecule has 0 unspecified atom stereocenters. The normalized spacial score (nSPS) is 10.8. The number of ether oxygens (including phenoxy) is 1. The van der Waals surface area contributed by atoms with Crippen LogP contribution >= 0.6 is 0 Å². The Balaban J connectivity index is 1.61. The van der Waals surface area contributed by atoms with Crippen molar-refractivity contribution < 1.29 is 9.53 Å². The van der Waals surface area contributed by atoms with Gasteiger partial charge in [-0.15, -0.1) is 5.10 Å². The van der Waals surface area contributed by atoms with E-state index in [0.717, 1.165) is 22.6 Å². The van der Waals surface area contributed by atoms with E-state index in [0.29, 0.717) is 23.3 Å². The van der Waals surface area contributed by atoms with Crippen molar-refractivity contribution in [2.24, 2.45) is 0 Å². The van der Waals surface area contributed by atoms with Crippen molar-refractivity contribution >= 4 is 17.1 Å². The van der Waals surface area contributed by atoms with Gasteiger partial charge in [0.2, 0.25) is 0 Å². The van der Waals surface area contributed by atoms with Crippen LogP contribution in [0.4, 0.5) is 0 Å². The minimum atomic E-state index is -0.176. The highest BCUT2D eigenvalue weighted by molar-refractivity contribution is 5.95. The van der Waals surface area contributed by atoms with Gasteiger partial charge in [-0.05, 0) is 42.8 Å². The Morgan fingerprint density at radius 3 is 2.86 bits per heavy atom. The summed E-state index contributed by atoms with van der Waals surface area (Å²) >= 11 is 0. The number of nitrogens with zero attached hydrogens (tertiary/aromatic N) is 4. The summed E-state index contributed by atoms with van der Waals surface area (Å²) in [6.07, 6.45) is 1.70. The van der Waals surface area contributed by atoms with E-state index in [1.165, 1.54) is 0 Å². The number of pyridine rings is 1. The highest BCUT2D eigenvalue weighted by atomic mass is 16.5. The molecule has 0 saturated heterocycles. The molecule has 1 N–H and O–H groups in total. The van der Waals surface area contributed by atoms with Gasteiger partial charge in [-0.2, -0.15) is 4.68 Å². The monoisotopic (exact) mass is 373 g/mol. The predicted molar refractivity (Wildman–Crippen MR) is 106 cm³/mol. The molecule has 2 aromatic heterocycles. The first kappa shape index (κ1) is 17.7. The minimum absolute atomic E-state index is 0.176. The number of methoxy groups -OCH3 is 1. The largest absolute Gasteiger partial charge is 0.496 e. The van der Waals surface area contributed by atoms with Gasteiger partial charge in [0.05, 0.1) is 12.8 Å². The van der Waals surface area contributed by atoms with Crippen molar-refractivity contribution in [1.82, 2.24) is 25.3 Å². The fourth-order valence-electron chi connectivity index (χ4n) is 3.03. The third kappa shape index (κ3) is 3.29. The summed E-state index contributed by atoms with van der Waals surface area (Å²) in [6, 6.07) is 16.8. The van der Waals surface area contributed by atoms with Crippen LogP contribution in [0.5, 0.6) is 5.75 Å². The SMILES string of the molecule is COc1ccccc1CNC(=O)c1ccc(C)c(-n2nnc3cccnc32)c1. The first-order valence-corrected chi connectivity index (χ1v) is 8.85. The maximum atomic E-state index is 12.7. The van der Waals surface area contributed by atoms with Crippen LogP contribution < -0.4 is 10.1 Å². The molecule has 7 heteroatoms. The lowest BCUT2D eigenvalue weighted by molar-refractivity contribution is 0.0950. The quantitative estimate of drug-likeness (QED) is 0.581. The highest BCUT2D eigenvalue weighted by Crippen LogP contribution is 2.20. The van der Waals surface area contributed by atoms with Gasteiger partial charge >= 0.3 is 0 Å². The van der Waals surface area contributed by atoms with Gasteiger partial charge in [-0.3, -0.25) is 4.79 Å².